The monoisotopic (exact) mass is 521 g/mol. The molecule has 0 amide bonds. The number of benzene rings is 1. The van der Waals surface area contributed by atoms with Crippen LogP contribution < -0.4 is 15.2 Å². The molecule has 0 aromatic heterocycles. The van der Waals surface area contributed by atoms with Crippen LogP contribution in [0.4, 0.5) is 0 Å². The lowest BCUT2D eigenvalue weighted by Gasteiger charge is -2.23. The molecule has 3 atom stereocenters. The molecule has 37 heavy (non-hydrogen) atoms. The quantitative estimate of drug-likeness (QED) is 0.280. The summed E-state index contributed by atoms with van der Waals surface area (Å²) in [7, 11) is 0. The molecule has 0 aliphatic carbocycles. The Labute approximate surface area is 220 Å². The Morgan fingerprint density at radius 1 is 0.676 bits per heavy atom. The van der Waals surface area contributed by atoms with Gasteiger partial charge in [-0.3, -0.25) is 19.2 Å². The highest BCUT2D eigenvalue weighted by Crippen LogP contribution is 2.30. The SMILES string of the molecule is CC(C)CC(=O)Oc1ccc(C[C@H](N)C(=O)O[C@@H](C)[C@H](C)OC(=O)CC(C)C)cc1OC(=O)CC(C)C. The summed E-state index contributed by atoms with van der Waals surface area (Å²) in [6.07, 6.45) is -0.562. The molecular formula is C28H43NO8. The second-order valence-corrected chi connectivity index (χ2v) is 10.7. The topological polar surface area (TPSA) is 131 Å². The number of esters is 4. The number of nitrogens with two attached hydrogens (primary N) is 1. The Bertz CT molecular complexity index is 925. The van der Waals surface area contributed by atoms with E-state index in [1.807, 2.05) is 41.5 Å². The van der Waals surface area contributed by atoms with Gasteiger partial charge >= 0.3 is 23.9 Å². The summed E-state index contributed by atoms with van der Waals surface area (Å²) in [4.78, 5) is 49.0. The normalized spacial score (nSPS) is 13.7. The van der Waals surface area contributed by atoms with Crippen LogP contribution in [0.25, 0.3) is 0 Å². The van der Waals surface area contributed by atoms with Gasteiger partial charge in [0.05, 0.1) is 0 Å². The largest absolute Gasteiger partial charge is 0.459 e. The maximum atomic E-state index is 12.6. The number of hydrogen-bond donors (Lipinski definition) is 1. The van der Waals surface area contributed by atoms with Gasteiger partial charge in [-0.15, -0.1) is 0 Å². The van der Waals surface area contributed by atoms with E-state index in [4.69, 9.17) is 24.7 Å². The predicted molar refractivity (Wildman–Crippen MR) is 139 cm³/mol. The number of rotatable bonds is 14. The maximum absolute atomic E-state index is 12.6. The highest BCUT2D eigenvalue weighted by atomic mass is 16.6. The lowest BCUT2D eigenvalue weighted by atomic mass is 10.1. The summed E-state index contributed by atoms with van der Waals surface area (Å²) in [6.45, 7) is 14.7. The molecular weight excluding hydrogens is 478 g/mol. The minimum absolute atomic E-state index is 0.0832. The van der Waals surface area contributed by atoms with Crippen molar-refractivity contribution in [2.45, 2.75) is 99.3 Å². The van der Waals surface area contributed by atoms with Crippen molar-refractivity contribution in [2.75, 3.05) is 0 Å². The van der Waals surface area contributed by atoms with Gasteiger partial charge < -0.3 is 24.7 Å². The van der Waals surface area contributed by atoms with Gasteiger partial charge in [-0.25, -0.2) is 0 Å². The average Bonchev–Trinajstić information content (AvgIpc) is 2.73. The molecule has 2 N–H and O–H groups in total. The van der Waals surface area contributed by atoms with Crippen LogP contribution in [-0.2, 0) is 35.1 Å². The van der Waals surface area contributed by atoms with Gasteiger partial charge in [-0.1, -0.05) is 47.6 Å². The third kappa shape index (κ3) is 12.7. The van der Waals surface area contributed by atoms with Gasteiger partial charge in [0.25, 0.3) is 0 Å². The van der Waals surface area contributed by atoms with Gasteiger partial charge in [0, 0.05) is 19.3 Å². The second-order valence-electron chi connectivity index (χ2n) is 10.7. The van der Waals surface area contributed by atoms with Crippen molar-refractivity contribution < 1.29 is 38.1 Å². The zero-order valence-corrected chi connectivity index (χ0v) is 23.4. The first kappa shape index (κ1) is 32.1. The highest BCUT2D eigenvalue weighted by Gasteiger charge is 2.25. The molecule has 0 unspecified atom stereocenters. The van der Waals surface area contributed by atoms with E-state index in [2.05, 4.69) is 0 Å². The van der Waals surface area contributed by atoms with Crippen LogP contribution >= 0.6 is 0 Å². The van der Waals surface area contributed by atoms with Crippen molar-refractivity contribution in [1.29, 1.82) is 0 Å². The summed E-state index contributed by atoms with van der Waals surface area (Å²) in [5, 5.41) is 0. The molecule has 1 aromatic rings. The molecule has 1 rings (SSSR count). The number of carbonyl (C=O) groups is 4. The van der Waals surface area contributed by atoms with Gasteiger partial charge in [-0.05, 0) is 55.7 Å². The summed E-state index contributed by atoms with van der Waals surface area (Å²) < 4.78 is 21.6. The predicted octanol–water partition coefficient (Wildman–Crippen LogP) is 4.37. The zero-order valence-electron chi connectivity index (χ0n) is 23.4. The van der Waals surface area contributed by atoms with Crippen molar-refractivity contribution in [3.63, 3.8) is 0 Å². The van der Waals surface area contributed by atoms with E-state index in [0.29, 0.717) is 5.56 Å². The molecule has 9 nitrogen and oxygen atoms in total. The Kier molecular flexibility index (Phi) is 13.3. The van der Waals surface area contributed by atoms with E-state index < -0.39 is 36.2 Å². The van der Waals surface area contributed by atoms with Crippen LogP contribution in [0.1, 0.15) is 80.2 Å². The van der Waals surface area contributed by atoms with Crippen molar-refractivity contribution in [3.8, 4) is 11.5 Å². The van der Waals surface area contributed by atoms with Crippen molar-refractivity contribution in [1.82, 2.24) is 0 Å². The van der Waals surface area contributed by atoms with E-state index in [1.165, 1.54) is 12.1 Å². The van der Waals surface area contributed by atoms with Crippen LogP contribution in [0.2, 0.25) is 0 Å². The molecule has 0 spiro atoms. The fraction of sp³-hybridized carbons (Fsp3) is 0.643. The standard InChI is InChI=1S/C28H43NO8/c1-16(2)11-25(30)34-19(7)20(8)35-28(33)22(29)14-21-9-10-23(36-26(31)12-17(3)4)24(15-21)37-27(32)13-18(5)6/h9-10,15-20,22H,11-14,29H2,1-8H3/t19-,20-,22-/m0/s1. The lowest BCUT2D eigenvalue weighted by molar-refractivity contribution is -0.166. The van der Waals surface area contributed by atoms with Crippen LogP contribution in [0, 0.1) is 17.8 Å². The number of hydrogen-bond acceptors (Lipinski definition) is 9. The highest BCUT2D eigenvalue weighted by molar-refractivity contribution is 5.77. The zero-order chi connectivity index (χ0) is 28.3. The fourth-order valence-electron chi connectivity index (χ4n) is 3.23. The second kappa shape index (κ2) is 15.3. The molecule has 0 saturated heterocycles. The van der Waals surface area contributed by atoms with E-state index >= 15 is 0 Å². The third-order valence-electron chi connectivity index (χ3n) is 5.22. The van der Waals surface area contributed by atoms with Crippen molar-refractivity contribution in [2.24, 2.45) is 23.5 Å². The van der Waals surface area contributed by atoms with Crippen LogP contribution in [-0.4, -0.2) is 42.1 Å². The molecule has 0 saturated carbocycles. The van der Waals surface area contributed by atoms with Crippen molar-refractivity contribution >= 4 is 23.9 Å². The molecule has 0 fully saturated rings. The maximum Gasteiger partial charge on any atom is 0.323 e. The Balaban J connectivity index is 2.91. The number of ether oxygens (including phenoxy) is 4. The average molecular weight is 522 g/mol. The van der Waals surface area contributed by atoms with Gasteiger partial charge in [0.1, 0.15) is 18.2 Å². The molecule has 0 aliphatic rings. The number of carbonyl (C=O) groups excluding carboxylic acids is 4. The first-order valence-electron chi connectivity index (χ1n) is 12.9. The summed E-state index contributed by atoms with van der Waals surface area (Å²) in [5.74, 6) is -1.38. The molecule has 1 aromatic carbocycles. The third-order valence-corrected chi connectivity index (χ3v) is 5.22. The van der Waals surface area contributed by atoms with E-state index in [-0.39, 0.29) is 60.9 Å². The Hall–Kier alpha value is -2.94. The van der Waals surface area contributed by atoms with E-state index in [9.17, 15) is 19.2 Å². The Morgan fingerprint density at radius 3 is 1.65 bits per heavy atom. The fourth-order valence-corrected chi connectivity index (χ4v) is 3.23. The first-order valence-corrected chi connectivity index (χ1v) is 12.9. The Morgan fingerprint density at radius 2 is 1.14 bits per heavy atom. The van der Waals surface area contributed by atoms with Crippen LogP contribution in [0.15, 0.2) is 18.2 Å². The summed E-state index contributed by atoms with van der Waals surface area (Å²) >= 11 is 0. The first-order chi connectivity index (χ1) is 17.2. The molecule has 0 radical (unpaired) electrons. The summed E-state index contributed by atoms with van der Waals surface area (Å²) in [5.41, 5.74) is 6.67. The molecule has 208 valence electrons. The molecule has 9 heteroatoms. The lowest BCUT2D eigenvalue weighted by Crippen LogP contribution is -2.39. The van der Waals surface area contributed by atoms with Gasteiger partial charge in [0.2, 0.25) is 0 Å². The van der Waals surface area contributed by atoms with Crippen molar-refractivity contribution in [3.05, 3.63) is 23.8 Å². The van der Waals surface area contributed by atoms with E-state index in [0.717, 1.165) is 0 Å². The van der Waals surface area contributed by atoms with Crippen LogP contribution in [0.3, 0.4) is 0 Å². The molecule has 0 bridgehead atoms. The van der Waals surface area contributed by atoms with Crippen LogP contribution in [0.5, 0.6) is 11.5 Å². The van der Waals surface area contributed by atoms with Gasteiger partial charge in [-0.2, -0.15) is 0 Å². The minimum Gasteiger partial charge on any atom is -0.459 e. The minimum atomic E-state index is -1.02. The van der Waals surface area contributed by atoms with Gasteiger partial charge in [0.15, 0.2) is 11.5 Å². The van der Waals surface area contributed by atoms with E-state index in [1.54, 1.807) is 19.9 Å². The molecule has 0 aliphatic heterocycles. The smallest absolute Gasteiger partial charge is 0.323 e. The summed E-state index contributed by atoms with van der Waals surface area (Å²) in [6, 6.07) is 3.67. The molecule has 0 heterocycles.